The Balaban J connectivity index is 2.11. The van der Waals surface area contributed by atoms with Gasteiger partial charge in [-0.1, -0.05) is 18.7 Å². The molecular formula is C19H17FN2O5. The summed E-state index contributed by atoms with van der Waals surface area (Å²) in [5.41, 5.74) is 0.0487. The molecule has 0 heterocycles. The van der Waals surface area contributed by atoms with Gasteiger partial charge in [-0.3, -0.25) is 14.9 Å². The zero-order valence-electron chi connectivity index (χ0n) is 14.5. The van der Waals surface area contributed by atoms with E-state index in [4.69, 9.17) is 9.47 Å². The molecule has 0 atom stereocenters. The second kappa shape index (κ2) is 9.14. The lowest BCUT2D eigenvalue weighted by atomic mass is 10.2. The third-order valence-corrected chi connectivity index (χ3v) is 3.39. The van der Waals surface area contributed by atoms with Gasteiger partial charge < -0.3 is 14.8 Å². The van der Waals surface area contributed by atoms with E-state index in [1.54, 1.807) is 24.3 Å². The number of non-ortho nitro benzene ring substituents is 1. The summed E-state index contributed by atoms with van der Waals surface area (Å²) in [5.74, 6) is -0.408. The van der Waals surface area contributed by atoms with E-state index in [1.165, 1.54) is 19.3 Å². The van der Waals surface area contributed by atoms with Gasteiger partial charge in [0.05, 0.1) is 17.7 Å². The van der Waals surface area contributed by atoms with Crippen molar-refractivity contribution in [3.05, 3.63) is 76.6 Å². The fourth-order valence-corrected chi connectivity index (χ4v) is 2.12. The molecule has 0 aliphatic carbocycles. The minimum absolute atomic E-state index is 0.274. The number of nitro benzene ring substituents is 1. The van der Waals surface area contributed by atoms with Gasteiger partial charge in [0.2, 0.25) is 5.91 Å². The molecular weight excluding hydrogens is 355 g/mol. The Morgan fingerprint density at radius 3 is 2.74 bits per heavy atom. The monoisotopic (exact) mass is 372 g/mol. The first-order chi connectivity index (χ1) is 12.9. The molecule has 0 saturated carbocycles. The number of nitrogens with zero attached hydrogens (tertiary/aromatic N) is 1. The van der Waals surface area contributed by atoms with E-state index in [-0.39, 0.29) is 11.4 Å². The fraction of sp³-hybridized carbons (Fsp3) is 0.105. The van der Waals surface area contributed by atoms with Crippen LogP contribution >= 0.6 is 0 Å². The lowest BCUT2D eigenvalue weighted by Gasteiger charge is -2.09. The summed E-state index contributed by atoms with van der Waals surface area (Å²) in [7, 11) is 1.49. The van der Waals surface area contributed by atoms with Crippen LogP contribution in [0.2, 0.25) is 0 Å². The topological polar surface area (TPSA) is 90.7 Å². The number of halogens is 1. The van der Waals surface area contributed by atoms with Crippen molar-refractivity contribution >= 4 is 23.4 Å². The van der Waals surface area contributed by atoms with Crippen LogP contribution in [-0.2, 0) is 4.79 Å². The molecule has 8 heteroatoms. The second-order valence-corrected chi connectivity index (χ2v) is 5.25. The normalized spacial score (nSPS) is 10.4. The van der Waals surface area contributed by atoms with Gasteiger partial charge in [-0.05, 0) is 29.8 Å². The molecule has 0 radical (unpaired) electrons. The summed E-state index contributed by atoms with van der Waals surface area (Å²) in [6, 6.07) is 7.94. The number of benzene rings is 2. The average Bonchev–Trinajstić information content (AvgIpc) is 2.66. The molecule has 7 nitrogen and oxygen atoms in total. The van der Waals surface area contributed by atoms with Gasteiger partial charge >= 0.3 is 0 Å². The number of amides is 1. The lowest BCUT2D eigenvalue weighted by Crippen LogP contribution is -2.09. The summed E-state index contributed by atoms with van der Waals surface area (Å²) in [6.07, 6.45) is 4.27. The maximum Gasteiger partial charge on any atom is 0.271 e. The van der Waals surface area contributed by atoms with Gasteiger partial charge in [0.25, 0.3) is 5.69 Å². The Kier molecular flexibility index (Phi) is 6.65. The van der Waals surface area contributed by atoms with Crippen molar-refractivity contribution in [1.82, 2.24) is 0 Å². The van der Waals surface area contributed by atoms with Crippen LogP contribution in [0.1, 0.15) is 5.56 Å². The predicted molar refractivity (Wildman–Crippen MR) is 99.4 cm³/mol. The minimum Gasteiger partial charge on any atom is -0.493 e. The first-order valence-electron chi connectivity index (χ1n) is 7.79. The van der Waals surface area contributed by atoms with E-state index >= 15 is 0 Å². The van der Waals surface area contributed by atoms with Crippen molar-refractivity contribution in [2.24, 2.45) is 0 Å². The van der Waals surface area contributed by atoms with Gasteiger partial charge in [-0.25, -0.2) is 4.39 Å². The van der Waals surface area contributed by atoms with Crippen molar-refractivity contribution in [3.63, 3.8) is 0 Å². The van der Waals surface area contributed by atoms with Crippen LogP contribution in [-0.4, -0.2) is 24.5 Å². The number of carbonyl (C=O) groups excluding carboxylic acids is 1. The zero-order valence-corrected chi connectivity index (χ0v) is 14.5. The largest absolute Gasteiger partial charge is 0.493 e. The summed E-state index contributed by atoms with van der Waals surface area (Å²) >= 11 is 0. The third kappa shape index (κ3) is 5.40. The molecule has 0 aromatic heterocycles. The second-order valence-electron chi connectivity index (χ2n) is 5.25. The minimum atomic E-state index is -0.771. The van der Waals surface area contributed by atoms with Crippen molar-refractivity contribution < 1.29 is 23.6 Å². The first kappa shape index (κ1) is 19.6. The molecule has 2 aromatic rings. The number of rotatable bonds is 8. The first-order valence-corrected chi connectivity index (χ1v) is 7.79. The fourth-order valence-electron chi connectivity index (χ4n) is 2.12. The Morgan fingerprint density at radius 2 is 2.07 bits per heavy atom. The van der Waals surface area contributed by atoms with Gasteiger partial charge in [-0.15, -0.1) is 0 Å². The molecule has 1 amide bonds. The Hall–Kier alpha value is -3.68. The van der Waals surface area contributed by atoms with Crippen molar-refractivity contribution in [1.29, 1.82) is 0 Å². The van der Waals surface area contributed by atoms with E-state index in [0.717, 1.165) is 18.2 Å². The Labute approximate surface area is 154 Å². The van der Waals surface area contributed by atoms with E-state index in [9.17, 15) is 19.3 Å². The van der Waals surface area contributed by atoms with E-state index in [1.807, 2.05) is 0 Å². The number of methoxy groups -OCH3 is 1. The maximum absolute atomic E-state index is 13.7. The molecule has 0 aliphatic heterocycles. The molecule has 2 aromatic carbocycles. The molecule has 0 bridgehead atoms. The summed E-state index contributed by atoms with van der Waals surface area (Å²) in [6.45, 7) is 3.89. The number of carbonyl (C=O) groups is 1. The maximum atomic E-state index is 13.7. The number of hydrogen-bond donors (Lipinski definition) is 1. The van der Waals surface area contributed by atoms with E-state index in [0.29, 0.717) is 23.7 Å². The Bertz CT molecular complexity index is 896. The van der Waals surface area contributed by atoms with Crippen molar-refractivity contribution in [3.8, 4) is 11.5 Å². The summed E-state index contributed by atoms with van der Waals surface area (Å²) in [4.78, 5) is 22.1. The van der Waals surface area contributed by atoms with Crippen LogP contribution in [0.15, 0.2) is 55.1 Å². The van der Waals surface area contributed by atoms with Crippen molar-refractivity contribution in [2.75, 3.05) is 19.0 Å². The molecule has 0 aliphatic rings. The van der Waals surface area contributed by atoms with Crippen LogP contribution in [0.4, 0.5) is 15.8 Å². The Morgan fingerprint density at radius 1 is 1.30 bits per heavy atom. The standard InChI is InChI=1S/C19H17FN2O5/c1-3-10-27-17-8-4-13(11-18(17)26-2)5-9-19(23)21-16-12-14(22(24)25)6-7-15(16)20/h3-9,11-12H,1,10H2,2H3,(H,21,23). The highest BCUT2D eigenvalue weighted by molar-refractivity contribution is 6.02. The molecule has 0 fully saturated rings. The van der Waals surface area contributed by atoms with E-state index < -0.39 is 16.6 Å². The predicted octanol–water partition coefficient (Wildman–Crippen LogP) is 3.96. The molecule has 140 valence electrons. The van der Waals surface area contributed by atoms with Crippen LogP contribution in [0, 0.1) is 15.9 Å². The molecule has 0 spiro atoms. The van der Waals surface area contributed by atoms with Gasteiger partial charge in [-0.2, -0.15) is 0 Å². The number of ether oxygens (including phenoxy) is 2. The zero-order chi connectivity index (χ0) is 19.8. The van der Waals surface area contributed by atoms with Crippen LogP contribution < -0.4 is 14.8 Å². The average molecular weight is 372 g/mol. The number of nitro groups is 1. The number of anilines is 1. The van der Waals surface area contributed by atoms with Gasteiger partial charge in [0.15, 0.2) is 11.5 Å². The van der Waals surface area contributed by atoms with Crippen LogP contribution in [0.5, 0.6) is 11.5 Å². The van der Waals surface area contributed by atoms with Gasteiger partial charge in [0.1, 0.15) is 12.4 Å². The highest BCUT2D eigenvalue weighted by Gasteiger charge is 2.12. The highest BCUT2D eigenvalue weighted by atomic mass is 19.1. The third-order valence-electron chi connectivity index (χ3n) is 3.39. The van der Waals surface area contributed by atoms with E-state index in [2.05, 4.69) is 11.9 Å². The molecule has 0 saturated heterocycles. The number of hydrogen-bond acceptors (Lipinski definition) is 5. The van der Waals surface area contributed by atoms with Crippen molar-refractivity contribution in [2.45, 2.75) is 0 Å². The quantitative estimate of drug-likeness (QED) is 0.328. The highest BCUT2D eigenvalue weighted by Crippen LogP contribution is 2.28. The lowest BCUT2D eigenvalue weighted by molar-refractivity contribution is -0.384. The molecule has 1 N–H and O–H groups in total. The summed E-state index contributed by atoms with van der Waals surface area (Å²) < 4.78 is 24.4. The van der Waals surface area contributed by atoms with Crippen LogP contribution in [0.25, 0.3) is 6.08 Å². The summed E-state index contributed by atoms with van der Waals surface area (Å²) in [5, 5.41) is 13.0. The smallest absolute Gasteiger partial charge is 0.271 e. The number of nitrogens with one attached hydrogen (secondary N) is 1. The molecule has 0 unspecified atom stereocenters. The van der Waals surface area contributed by atoms with Crippen LogP contribution in [0.3, 0.4) is 0 Å². The molecule has 27 heavy (non-hydrogen) atoms. The van der Waals surface area contributed by atoms with Gasteiger partial charge in [0, 0.05) is 18.2 Å². The molecule has 2 rings (SSSR count). The SMILES string of the molecule is C=CCOc1ccc(C=CC(=O)Nc2cc([N+](=O)[O-])ccc2F)cc1OC.